The number of aromatic nitrogens is 2. The van der Waals surface area contributed by atoms with Gasteiger partial charge in [0.25, 0.3) is 0 Å². The fourth-order valence-corrected chi connectivity index (χ4v) is 4.83. The Labute approximate surface area is 239 Å². The summed E-state index contributed by atoms with van der Waals surface area (Å²) in [7, 11) is 0. The van der Waals surface area contributed by atoms with Gasteiger partial charge in [-0.25, -0.2) is 4.98 Å². The second-order valence-corrected chi connectivity index (χ2v) is 9.78. The molecule has 0 radical (unpaired) electrons. The van der Waals surface area contributed by atoms with E-state index in [1.54, 1.807) is 12.4 Å². The van der Waals surface area contributed by atoms with Crippen LogP contribution in [-0.4, -0.2) is 32.9 Å². The van der Waals surface area contributed by atoms with Crippen LogP contribution >= 0.6 is 24.0 Å². The Morgan fingerprint density at radius 2 is 1.82 bits per heavy atom. The van der Waals surface area contributed by atoms with E-state index in [1.165, 1.54) is 0 Å². The van der Waals surface area contributed by atoms with Crippen molar-refractivity contribution in [3.8, 4) is 11.8 Å². The maximum Gasteiger partial charge on any atom is 0.240 e. The monoisotopic (exact) mass is 561 g/mol. The van der Waals surface area contributed by atoms with Crippen LogP contribution in [0.3, 0.4) is 0 Å². The first-order valence-corrected chi connectivity index (χ1v) is 12.9. The van der Waals surface area contributed by atoms with Gasteiger partial charge in [0, 0.05) is 37.4 Å². The molecule has 9 heteroatoms. The Kier molecular flexibility index (Phi) is 9.61. The summed E-state index contributed by atoms with van der Waals surface area (Å²) in [5.74, 6) is 0.660. The maximum absolute atomic E-state index is 13.0. The molecule has 1 N–H and O–H groups in total. The van der Waals surface area contributed by atoms with Gasteiger partial charge in [0.1, 0.15) is 18.4 Å². The zero-order valence-electron chi connectivity index (χ0n) is 21.3. The van der Waals surface area contributed by atoms with Gasteiger partial charge in [-0.2, -0.15) is 5.26 Å². The molecule has 0 aliphatic carbocycles. The number of nitrogens with one attached hydrogen (secondary N) is 1. The molecule has 200 valence electrons. The number of rotatable bonds is 10. The van der Waals surface area contributed by atoms with E-state index in [1.807, 2.05) is 82.4 Å². The zero-order valence-corrected chi connectivity index (χ0v) is 22.9. The molecule has 1 atom stereocenters. The second-order valence-electron chi connectivity index (χ2n) is 9.34. The van der Waals surface area contributed by atoms with Crippen molar-refractivity contribution in [2.24, 2.45) is 0 Å². The topological polar surface area (TPSA) is 83.2 Å². The van der Waals surface area contributed by atoms with Crippen molar-refractivity contribution in [3.05, 3.63) is 118 Å². The molecule has 1 saturated heterocycles. The first-order valence-electron chi connectivity index (χ1n) is 12.5. The number of nitriles is 1. The number of imidazole rings is 1. The number of hydrogen-bond donors (Lipinski definition) is 1. The molecule has 1 amide bonds. The number of hydrogen-bond acceptors (Lipinski definition) is 5. The second kappa shape index (κ2) is 13.3. The Balaban J connectivity index is 0.00000353. The first kappa shape index (κ1) is 28.2. The van der Waals surface area contributed by atoms with Crippen LogP contribution < -0.4 is 10.1 Å². The highest BCUT2D eigenvalue weighted by Gasteiger charge is 2.31. The Hall–Kier alpha value is -3.83. The Morgan fingerprint density at radius 3 is 2.62 bits per heavy atom. The molecule has 39 heavy (non-hydrogen) atoms. The molecule has 4 aromatic rings. The van der Waals surface area contributed by atoms with Gasteiger partial charge >= 0.3 is 0 Å². The maximum atomic E-state index is 13.0. The highest BCUT2D eigenvalue weighted by atomic mass is 35.5. The van der Waals surface area contributed by atoms with Crippen molar-refractivity contribution in [3.63, 3.8) is 0 Å². The molecular weight excluding hydrogens is 533 g/mol. The predicted octanol–water partition coefficient (Wildman–Crippen LogP) is 5.35. The average Bonchev–Trinajstić information content (AvgIpc) is 3.52. The standard InChI is InChI=1S/C30H28ClN5O2.ClH/c31-26-8-4-7-23(13-26)18-35-12-11-28(30(35)37)34-17-27-16-33-21-36(27)19-24-9-10-25(15-32)29(14-24)38-20-22-5-2-1-3-6-22;/h1-10,13-14,16,21,28,34H,11-12,17-20H2;1H/t28-;/m1./s1. The molecule has 5 rings (SSSR count). The van der Waals surface area contributed by atoms with Crippen LogP contribution in [0.4, 0.5) is 0 Å². The van der Waals surface area contributed by atoms with E-state index < -0.39 is 0 Å². The summed E-state index contributed by atoms with van der Waals surface area (Å²) in [6, 6.07) is 25.1. The highest BCUT2D eigenvalue weighted by molar-refractivity contribution is 6.30. The summed E-state index contributed by atoms with van der Waals surface area (Å²) in [6.45, 7) is 2.75. The number of halogens is 2. The fourth-order valence-electron chi connectivity index (χ4n) is 4.62. The van der Waals surface area contributed by atoms with Gasteiger partial charge in [-0.15, -0.1) is 12.4 Å². The molecule has 1 aliphatic heterocycles. The molecule has 0 spiro atoms. The Bertz CT molecular complexity index is 1450. The normalized spacial score (nSPS) is 14.6. The quantitative estimate of drug-likeness (QED) is 0.282. The van der Waals surface area contributed by atoms with Gasteiger partial charge in [-0.1, -0.05) is 60.1 Å². The largest absolute Gasteiger partial charge is 0.488 e. The van der Waals surface area contributed by atoms with Crippen molar-refractivity contribution in [1.29, 1.82) is 5.26 Å². The zero-order chi connectivity index (χ0) is 26.3. The minimum atomic E-state index is -0.231. The molecule has 0 saturated carbocycles. The summed E-state index contributed by atoms with van der Waals surface area (Å²) < 4.78 is 8.02. The predicted molar refractivity (Wildman–Crippen MR) is 153 cm³/mol. The van der Waals surface area contributed by atoms with Crippen LogP contribution in [0, 0.1) is 11.3 Å². The summed E-state index contributed by atoms with van der Waals surface area (Å²) in [6.07, 6.45) is 4.35. The molecule has 0 bridgehead atoms. The number of ether oxygens (including phenoxy) is 1. The van der Waals surface area contributed by atoms with E-state index >= 15 is 0 Å². The summed E-state index contributed by atoms with van der Waals surface area (Å²) in [4.78, 5) is 19.2. The van der Waals surface area contributed by atoms with Crippen molar-refractivity contribution in [2.75, 3.05) is 6.54 Å². The van der Waals surface area contributed by atoms with Gasteiger partial charge in [0.15, 0.2) is 0 Å². The molecule has 3 aromatic carbocycles. The number of benzene rings is 3. The SMILES string of the molecule is Cl.N#Cc1ccc(Cn2cncc2CN[C@@H]2CCN(Cc3cccc(Cl)c3)C2=O)cc1OCc1ccccc1. The van der Waals surface area contributed by atoms with Crippen LogP contribution in [0.25, 0.3) is 0 Å². The Morgan fingerprint density at radius 1 is 1.03 bits per heavy atom. The van der Waals surface area contributed by atoms with E-state index in [2.05, 4.69) is 16.4 Å². The van der Waals surface area contributed by atoms with E-state index in [0.717, 1.165) is 28.8 Å². The average molecular weight is 563 g/mol. The third-order valence-corrected chi connectivity index (χ3v) is 6.88. The lowest BCUT2D eigenvalue weighted by atomic mass is 10.1. The highest BCUT2D eigenvalue weighted by Crippen LogP contribution is 2.23. The molecule has 1 aliphatic rings. The molecule has 0 unspecified atom stereocenters. The third-order valence-electron chi connectivity index (χ3n) is 6.64. The summed E-state index contributed by atoms with van der Waals surface area (Å²) in [5, 5.41) is 13.6. The van der Waals surface area contributed by atoms with E-state index in [9.17, 15) is 10.1 Å². The first-order chi connectivity index (χ1) is 18.6. The van der Waals surface area contributed by atoms with Crippen LogP contribution in [0.1, 0.15) is 34.4 Å². The third kappa shape index (κ3) is 7.18. The minimum absolute atomic E-state index is 0. The van der Waals surface area contributed by atoms with Crippen molar-refractivity contribution in [1.82, 2.24) is 19.8 Å². The smallest absolute Gasteiger partial charge is 0.240 e. The number of carbonyl (C=O) groups excluding carboxylic acids is 1. The van der Waals surface area contributed by atoms with Crippen molar-refractivity contribution >= 4 is 29.9 Å². The minimum Gasteiger partial charge on any atom is -0.488 e. The van der Waals surface area contributed by atoms with Gasteiger partial charge in [-0.05, 0) is 47.4 Å². The van der Waals surface area contributed by atoms with Crippen molar-refractivity contribution in [2.45, 2.75) is 38.7 Å². The number of nitrogens with zero attached hydrogens (tertiary/aromatic N) is 4. The number of carbonyl (C=O) groups is 1. The summed E-state index contributed by atoms with van der Waals surface area (Å²) >= 11 is 6.09. The van der Waals surface area contributed by atoms with Crippen molar-refractivity contribution < 1.29 is 9.53 Å². The van der Waals surface area contributed by atoms with Crippen LogP contribution in [0.2, 0.25) is 5.02 Å². The number of likely N-dealkylation sites (tertiary alicyclic amines) is 1. The van der Waals surface area contributed by atoms with Gasteiger partial charge < -0.3 is 19.5 Å². The van der Waals surface area contributed by atoms with E-state index in [0.29, 0.717) is 49.1 Å². The lowest BCUT2D eigenvalue weighted by Gasteiger charge is -2.18. The molecule has 1 fully saturated rings. The fraction of sp³-hybridized carbons (Fsp3) is 0.233. The number of amides is 1. The molecule has 2 heterocycles. The van der Waals surface area contributed by atoms with E-state index in [-0.39, 0.29) is 24.4 Å². The molecule has 1 aromatic heterocycles. The lowest BCUT2D eigenvalue weighted by molar-refractivity contribution is -0.129. The van der Waals surface area contributed by atoms with Crippen LogP contribution in [0.15, 0.2) is 85.3 Å². The van der Waals surface area contributed by atoms with Gasteiger partial charge in [0.05, 0.1) is 23.6 Å². The molecular formula is C30H29Cl2N5O2. The van der Waals surface area contributed by atoms with Gasteiger partial charge in [0.2, 0.25) is 5.91 Å². The van der Waals surface area contributed by atoms with Gasteiger partial charge in [-0.3, -0.25) is 4.79 Å². The summed E-state index contributed by atoms with van der Waals surface area (Å²) in [5.41, 5.74) is 4.54. The molecule has 7 nitrogen and oxygen atoms in total. The van der Waals surface area contributed by atoms with Crippen LogP contribution in [-0.2, 0) is 31.0 Å². The van der Waals surface area contributed by atoms with E-state index in [4.69, 9.17) is 16.3 Å². The van der Waals surface area contributed by atoms with Crippen LogP contribution in [0.5, 0.6) is 5.75 Å². The lowest BCUT2D eigenvalue weighted by Crippen LogP contribution is -2.38.